The van der Waals surface area contributed by atoms with Crippen LogP contribution in [0.3, 0.4) is 0 Å². The second-order valence-electron chi connectivity index (χ2n) is 9.36. The molecule has 0 saturated heterocycles. The van der Waals surface area contributed by atoms with Crippen molar-refractivity contribution >= 4 is 23.4 Å². The van der Waals surface area contributed by atoms with Gasteiger partial charge in [-0.15, -0.1) is 0 Å². The molecule has 1 aromatic heterocycles. The van der Waals surface area contributed by atoms with Gasteiger partial charge in [0, 0.05) is 38.5 Å². The van der Waals surface area contributed by atoms with E-state index in [1.165, 1.54) is 18.3 Å². The molecule has 1 saturated carbocycles. The first-order valence-corrected chi connectivity index (χ1v) is 12.1. The fraction of sp³-hybridized carbons (Fsp3) is 0.480. The lowest BCUT2D eigenvalue weighted by Crippen LogP contribution is -2.60. The number of nitrogens with zero attached hydrogens (tertiary/aromatic N) is 2. The number of aliphatic hydroxyl groups excluding tert-OH is 1. The summed E-state index contributed by atoms with van der Waals surface area (Å²) in [6, 6.07) is 4.47. The number of rotatable bonds is 8. The van der Waals surface area contributed by atoms with Crippen molar-refractivity contribution in [2.75, 3.05) is 26.8 Å². The monoisotopic (exact) mass is 505 g/mol. The molecule has 8 nitrogen and oxygen atoms in total. The molecular weight excluding hydrogens is 477 g/mol. The summed E-state index contributed by atoms with van der Waals surface area (Å²) in [6.07, 6.45) is 4.10. The van der Waals surface area contributed by atoms with Crippen molar-refractivity contribution in [2.24, 2.45) is 5.92 Å². The Kier molecular flexibility index (Phi) is 7.19. The van der Waals surface area contributed by atoms with E-state index in [0.717, 1.165) is 6.42 Å². The van der Waals surface area contributed by atoms with E-state index in [-0.39, 0.29) is 59.2 Å². The van der Waals surface area contributed by atoms with Gasteiger partial charge in [0.25, 0.3) is 11.8 Å². The molecule has 2 amide bonds. The Hall–Kier alpha value is -2.91. The molecule has 1 aliphatic heterocycles. The number of halogens is 2. The van der Waals surface area contributed by atoms with E-state index in [0.29, 0.717) is 25.8 Å². The predicted octanol–water partition coefficient (Wildman–Crippen LogP) is 2.93. The summed E-state index contributed by atoms with van der Waals surface area (Å²) in [5, 5.41) is 12.1. The van der Waals surface area contributed by atoms with Crippen LogP contribution in [0.5, 0.6) is 5.75 Å². The van der Waals surface area contributed by atoms with Crippen molar-refractivity contribution in [2.45, 2.75) is 44.7 Å². The van der Waals surface area contributed by atoms with Crippen LogP contribution in [-0.2, 0) is 12.1 Å². The highest BCUT2D eigenvalue weighted by molar-refractivity contribution is 6.30. The third-order valence-corrected chi connectivity index (χ3v) is 7.10. The number of likely N-dealkylation sites (N-methyl/N-ethyl adjacent to an activating group) is 1. The number of hydrogen-bond donors (Lipinski definition) is 2. The minimum atomic E-state index is -0.704. The first-order valence-electron chi connectivity index (χ1n) is 11.7. The Morgan fingerprint density at radius 1 is 1.34 bits per heavy atom. The number of pyridine rings is 1. The van der Waals surface area contributed by atoms with E-state index >= 15 is 0 Å². The van der Waals surface area contributed by atoms with E-state index in [1.54, 1.807) is 22.6 Å². The van der Waals surface area contributed by atoms with E-state index < -0.39 is 22.7 Å². The highest BCUT2D eigenvalue weighted by atomic mass is 35.5. The van der Waals surface area contributed by atoms with Crippen LogP contribution in [0.15, 0.2) is 29.2 Å². The number of unbranched alkanes of at least 4 members (excludes halogenated alkanes) is 1. The quantitative estimate of drug-likeness (QED) is 0.537. The second kappa shape index (κ2) is 9.99. The third kappa shape index (κ3) is 4.54. The molecule has 2 aliphatic rings. The molecule has 188 valence electrons. The van der Waals surface area contributed by atoms with Crippen molar-refractivity contribution in [1.82, 2.24) is 14.8 Å². The number of aromatic nitrogens is 1. The van der Waals surface area contributed by atoms with Crippen LogP contribution in [0.25, 0.3) is 0 Å². The molecule has 0 unspecified atom stereocenters. The molecule has 35 heavy (non-hydrogen) atoms. The Balaban J connectivity index is 1.75. The van der Waals surface area contributed by atoms with Crippen molar-refractivity contribution < 1.29 is 23.8 Å². The number of amides is 2. The average Bonchev–Trinajstić information content (AvgIpc) is 2.81. The number of carbonyl (C=O) groups is 2. The topological polar surface area (TPSA) is 101 Å². The fourth-order valence-corrected chi connectivity index (χ4v) is 5.17. The summed E-state index contributed by atoms with van der Waals surface area (Å²) in [4.78, 5) is 41.2. The molecule has 10 heteroatoms. The van der Waals surface area contributed by atoms with Crippen LogP contribution in [0, 0.1) is 11.7 Å². The van der Waals surface area contributed by atoms with Crippen LogP contribution >= 0.6 is 11.6 Å². The largest absolute Gasteiger partial charge is 0.487 e. The van der Waals surface area contributed by atoms with Gasteiger partial charge in [-0.05, 0) is 31.2 Å². The van der Waals surface area contributed by atoms with E-state index in [9.17, 15) is 23.9 Å². The van der Waals surface area contributed by atoms with Gasteiger partial charge < -0.3 is 24.6 Å². The first kappa shape index (κ1) is 25.2. The Bertz CT molecular complexity index is 1210. The van der Waals surface area contributed by atoms with Gasteiger partial charge in [-0.25, -0.2) is 4.39 Å². The lowest BCUT2D eigenvalue weighted by atomic mass is 9.67. The van der Waals surface area contributed by atoms with Crippen LogP contribution in [0.4, 0.5) is 4.39 Å². The number of nitrogens with one attached hydrogen (secondary N) is 1. The maximum atomic E-state index is 14.3. The number of benzene rings is 1. The molecule has 0 radical (unpaired) electrons. The van der Waals surface area contributed by atoms with Gasteiger partial charge >= 0.3 is 0 Å². The predicted molar refractivity (Wildman–Crippen MR) is 128 cm³/mol. The highest BCUT2D eigenvalue weighted by Gasteiger charge is 2.51. The molecule has 1 spiro atoms. The van der Waals surface area contributed by atoms with E-state index in [2.05, 4.69) is 5.32 Å². The number of ether oxygens (including phenoxy) is 1. The van der Waals surface area contributed by atoms with Crippen molar-refractivity contribution in [3.05, 3.63) is 62.3 Å². The van der Waals surface area contributed by atoms with Crippen molar-refractivity contribution in [3.8, 4) is 5.75 Å². The maximum Gasteiger partial charge on any atom is 0.274 e. The van der Waals surface area contributed by atoms with Crippen molar-refractivity contribution in [1.29, 1.82) is 0 Å². The Morgan fingerprint density at radius 3 is 2.77 bits per heavy atom. The highest BCUT2D eigenvalue weighted by Crippen LogP contribution is 2.47. The molecule has 0 atom stereocenters. The average molecular weight is 506 g/mol. The van der Waals surface area contributed by atoms with E-state index in [1.807, 2.05) is 6.92 Å². The molecule has 2 aromatic rings. The maximum absolute atomic E-state index is 14.3. The van der Waals surface area contributed by atoms with Gasteiger partial charge in [-0.1, -0.05) is 37.1 Å². The lowest BCUT2D eigenvalue weighted by molar-refractivity contribution is -0.0104. The fourth-order valence-electron chi connectivity index (χ4n) is 4.98. The molecule has 0 bridgehead atoms. The zero-order valence-electron chi connectivity index (χ0n) is 19.8. The first-order chi connectivity index (χ1) is 16.7. The zero-order valence-corrected chi connectivity index (χ0v) is 20.5. The normalized spacial score (nSPS) is 21.0. The van der Waals surface area contributed by atoms with Gasteiger partial charge in [-0.2, -0.15) is 0 Å². The summed E-state index contributed by atoms with van der Waals surface area (Å²) < 4.78 is 21.8. The van der Waals surface area contributed by atoms with Crippen LogP contribution < -0.4 is 15.5 Å². The number of fused-ring (bicyclic) bond motifs is 2. The Morgan fingerprint density at radius 2 is 2.09 bits per heavy atom. The van der Waals surface area contributed by atoms with Crippen LogP contribution in [0.1, 0.15) is 59.0 Å². The molecular formula is C25H29ClFN3O5. The zero-order chi connectivity index (χ0) is 25.3. The summed E-state index contributed by atoms with van der Waals surface area (Å²) in [7, 11) is 1.67. The summed E-state index contributed by atoms with van der Waals surface area (Å²) in [6.45, 7) is 2.44. The van der Waals surface area contributed by atoms with Crippen LogP contribution in [-0.4, -0.2) is 53.2 Å². The number of hydrogen-bond acceptors (Lipinski definition) is 5. The van der Waals surface area contributed by atoms with Crippen molar-refractivity contribution in [3.63, 3.8) is 0 Å². The van der Waals surface area contributed by atoms with Gasteiger partial charge in [0.2, 0.25) is 5.43 Å². The SMILES string of the molecule is CCCCOc1c2n(cc(C(=O)NCc3cccc(Cl)c3F)c1=O)[C@]1(CN(C)C2=O)C[C@@H](CO)C1. The molecule has 2 N–H and O–H groups in total. The molecule has 4 rings (SSSR count). The van der Waals surface area contributed by atoms with Gasteiger partial charge in [0.05, 0.1) is 17.2 Å². The van der Waals surface area contributed by atoms with Gasteiger partial charge in [0.1, 0.15) is 11.4 Å². The molecule has 1 fully saturated rings. The minimum absolute atomic E-state index is 0.0212. The summed E-state index contributed by atoms with van der Waals surface area (Å²) >= 11 is 5.82. The number of carbonyl (C=O) groups excluding carboxylic acids is 2. The second-order valence-corrected chi connectivity index (χ2v) is 9.77. The smallest absolute Gasteiger partial charge is 0.274 e. The van der Waals surface area contributed by atoms with Crippen LogP contribution in [0.2, 0.25) is 5.02 Å². The Labute approximate surface area is 207 Å². The van der Waals surface area contributed by atoms with Gasteiger partial charge in [0.15, 0.2) is 11.4 Å². The number of aliphatic hydroxyl groups is 1. The third-order valence-electron chi connectivity index (χ3n) is 6.81. The van der Waals surface area contributed by atoms with Gasteiger partial charge in [-0.3, -0.25) is 14.4 Å². The molecule has 1 aliphatic carbocycles. The standard InChI is InChI=1S/C25H29ClFN3O5/c1-3-4-8-35-22-20-24(34)29(2)14-25(9-15(10-25)13-31)30(20)12-17(21(22)32)23(33)28-11-16-6-5-7-18(26)19(16)27/h5-7,12,15,31H,3-4,8-11,13-14H2,1-2H3,(H,28,33)/t15-,25-. The summed E-state index contributed by atoms with van der Waals surface area (Å²) in [5.74, 6) is -1.79. The molecule has 1 aromatic carbocycles. The minimum Gasteiger partial charge on any atom is -0.487 e. The van der Waals surface area contributed by atoms with E-state index in [4.69, 9.17) is 16.3 Å². The summed E-state index contributed by atoms with van der Waals surface area (Å²) in [5.41, 5.74) is -1.12. The molecule has 2 heterocycles. The lowest BCUT2D eigenvalue weighted by Gasteiger charge is -2.53.